The van der Waals surface area contributed by atoms with Crippen molar-refractivity contribution in [2.75, 3.05) is 7.05 Å². The number of nitrogens with zero attached hydrogens (tertiary/aromatic N) is 2. The van der Waals surface area contributed by atoms with E-state index in [1.165, 1.54) is 32.1 Å². The second-order valence-electron chi connectivity index (χ2n) is 3.82. The molecular weight excluding hydrogens is 160 g/mol. The highest BCUT2D eigenvalue weighted by atomic mass is 15.1. The Morgan fingerprint density at radius 3 is 2.54 bits per heavy atom. The molecule has 0 aromatic rings. The van der Waals surface area contributed by atoms with Crippen LogP contribution in [-0.2, 0) is 0 Å². The number of nitriles is 1. The molecule has 2 nitrogen and oxygen atoms in total. The largest absolute Gasteiger partial charge is 0.375 e. The monoisotopic (exact) mass is 178 g/mol. The summed E-state index contributed by atoms with van der Waals surface area (Å²) < 4.78 is 0. The van der Waals surface area contributed by atoms with E-state index < -0.39 is 0 Å². The molecule has 1 aliphatic rings. The first-order chi connectivity index (χ1) is 6.25. The summed E-state index contributed by atoms with van der Waals surface area (Å²) in [6.07, 6.45) is 8.27. The summed E-state index contributed by atoms with van der Waals surface area (Å²) in [5, 5.41) is 8.53. The van der Waals surface area contributed by atoms with Gasteiger partial charge in [-0.2, -0.15) is 5.26 Å². The summed E-state index contributed by atoms with van der Waals surface area (Å²) in [6, 6.07) is 2.75. The highest BCUT2D eigenvalue weighted by Gasteiger charge is 2.17. The maximum atomic E-state index is 8.53. The van der Waals surface area contributed by atoms with Crippen LogP contribution in [0, 0.1) is 11.3 Å². The van der Waals surface area contributed by atoms with Crippen LogP contribution in [-0.4, -0.2) is 18.0 Å². The van der Waals surface area contributed by atoms with Gasteiger partial charge in [-0.25, -0.2) is 0 Å². The molecule has 1 rings (SSSR count). The predicted octanol–water partition coefficient (Wildman–Crippen LogP) is 2.68. The molecule has 0 heterocycles. The fourth-order valence-corrected chi connectivity index (χ4v) is 1.95. The van der Waals surface area contributed by atoms with Crippen LogP contribution in [0.5, 0.6) is 0 Å². The van der Waals surface area contributed by atoms with Gasteiger partial charge in [-0.1, -0.05) is 19.3 Å². The zero-order chi connectivity index (χ0) is 9.68. The van der Waals surface area contributed by atoms with Gasteiger partial charge in [-0.15, -0.1) is 0 Å². The molecule has 1 aliphatic carbocycles. The summed E-state index contributed by atoms with van der Waals surface area (Å²) in [7, 11) is 2.10. The minimum Gasteiger partial charge on any atom is -0.375 e. The molecule has 0 amide bonds. The first-order valence-corrected chi connectivity index (χ1v) is 5.05. The highest BCUT2D eigenvalue weighted by Crippen LogP contribution is 2.23. The van der Waals surface area contributed by atoms with E-state index in [1.54, 1.807) is 6.08 Å². The van der Waals surface area contributed by atoms with Crippen molar-refractivity contribution in [2.45, 2.75) is 45.1 Å². The summed E-state index contributed by atoms with van der Waals surface area (Å²) >= 11 is 0. The maximum Gasteiger partial charge on any atom is 0.0930 e. The topological polar surface area (TPSA) is 27.0 Å². The van der Waals surface area contributed by atoms with Crippen LogP contribution in [0.25, 0.3) is 0 Å². The summed E-state index contributed by atoms with van der Waals surface area (Å²) in [6.45, 7) is 2.01. The molecule has 0 N–H and O–H groups in total. The maximum absolute atomic E-state index is 8.53. The van der Waals surface area contributed by atoms with E-state index in [0.29, 0.717) is 6.04 Å². The Hall–Kier alpha value is -0.970. The van der Waals surface area contributed by atoms with Gasteiger partial charge >= 0.3 is 0 Å². The Morgan fingerprint density at radius 2 is 2.00 bits per heavy atom. The van der Waals surface area contributed by atoms with E-state index in [9.17, 15) is 0 Å². The van der Waals surface area contributed by atoms with Crippen LogP contribution in [0.4, 0.5) is 0 Å². The van der Waals surface area contributed by atoms with Gasteiger partial charge < -0.3 is 4.90 Å². The average Bonchev–Trinajstić information content (AvgIpc) is 2.18. The molecule has 13 heavy (non-hydrogen) atoms. The third-order valence-electron chi connectivity index (χ3n) is 2.95. The molecule has 0 atom stereocenters. The van der Waals surface area contributed by atoms with E-state index in [2.05, 4.69) is 18.0 Å². The lowest BCUT2D eigenvalue weighted by Crippen LogP contribution is -2.31. The van der Waals surface area contributed by atoms with Crippen molar-refractivity contribution >= 4 is 0 Å². The fraction of sp³-hybridized carbons (Fsp3) is 0.727. The molecule has 2 heteroatoms. The SMILES string of the molecule is C/C(=C/C#N)N(C)C1CCCCC1. The van der Waals surface area contributed by atoms with E-state index >= 15 is 0 Å². The van der Waals surface area contributed by atoms with Crippen molar-refractivity contribution in [3.63, 3.8) is 0 Å². The Morgan fingerprint density at radius 1 is 1.38 bits per heavy atom. The van der Waals surface area contributed by atoms with Gasteiger partial charge in [0.1, 0.15) is 0 Å². The van der Waals surface area contributed by atoms with Crippen molar-refractivity contribution in [3.05, 3.63) is 11.8 Å². The zero-order valence-corrected chi connectivity index (χ0v) is 8.58. The van der Waals surface area contributed by atoms with Crippen LogP contribution in [0.2, 0.25) is 0 Å². The molecule has 0 spiro atoms. The van der Waals surface area contributed by atoms with E-state index in [0.717, 1.165) is 5.70 Å². The lowest BCUT2D eigenvalue weighted by molar-refractivity contribution is 0.236. The first kappa shape index (κ1) is 10.1. The molecule has 0 saturated heterocycles. The Kier molecular flexibility index (Phi) is 3.82. The number of allylic oxidation sites excluding steroid dienone is 2. The molecule has 0 aliphatic heterocycles. The predicted molar refractivity (Wildman–Crippen MR) is 54.0 cm³/mol. The molecular formula is C11H18N2. The number of hydrogen-bond donors (Lipinski definition) is 0. The van der Waals surface area contributed by atoms with Crippen molar-refractivity contribution < 1.29 is 0 Å². The standard InChI is InChI=1S/C11H18N2/c1-10(8-9-12)13(2)11-6-4-3-5-7-11/h8,11H,3-7H2,1-2H3/b10-8-. The lowest BCUT2D eigenvalue weighted by atomic mass is 9.94. The Labute approximate surface area is 80.8 Å². The van der Waals surface area contributed by atoms with Gasteiger partial charge in [-0.3, -0.25) is 0 Å². The van der Waals surface area contributed by atoms with Crippen LogP contribution in [0.1, 0.15) is 39.0 Å². The fourth-order valence-electron chi connectivity index (χ4n) is 1.95. The van der Waals surface area contributed by atoms with Crippen molar-refractivity contribution in [1.29, 1.82) is 5.26 Å². The van der Waals surface area contributed by atoms with Gasteiger partial charge in [0, 0.05) is 24.9 Å². The third-order valence-corrected chi connectivity index (χ3v) is 2.95. The molecule has 1 saturated carbocycles. The van der Waals surface area contributed by atoms with Gasteiger partial charge in [-0.05, 0) is 19.8 Å². The number of rotatable bonds is 2. The molecule has 72 valence electrons. The normalized spacial score (nSPS) is 19.6. The molecule has 0 aromatic heterocycles. The molecule has 0 aromatic carbocycles. The van der Waals surface area contributed by atoms with E-state index in [-0.39, 0.29) is 0 Å². The van der Waals surface area contributed by atoms with Crippen LogP contribution >= 0.6 is 0 Å². The van der Waals surface area contributed by atoms with Crippen LogP contribution in [0.15, 0.2) is 11.8 Å². The second-order valence-corrected chi connectivity index (χ2v) is 3.82. The first-order valence-electron chi connectivity index (χ1n) is 5.05. The van der Waals surface area contributed by atoms with Gasteiger partial charge in [0.25, 0.3) is 0 Å². The Balaban J connectivity index is 2.50. The van der Waals surface area contributed by atoms with E-state index in [4.69, 9.17) is 5.26 Å². The van der Waals surface area contributed by atoms with Crippen molar-refractivity contribution in [3.8, 4) is 6.07 Å². The second kappa shape index (κ2) is 4.91. The summed E-state index contributed by atoms with van der Waals surface area (Å²) in [5.41, 5.74) is 1.09. The van der Waals surface area contributed by atoms with Gasteiger partial charge in [0.05, 0.1) is 6.07 Å². The minimum atomic E-state index is 0.665. The minimum absolute atomic E-state index is 0.665. The lowest BCUT2D eigenvalue weighted by Gasteiger charge is -2.33. The van der Waals surface area contributed by atoms with Gasteiger partial charge in [0.15, 0.2) is 0 Å². The third kappa shape index (κ3) is 2.77. The zero-order valence-electron chi connectivity index (χ0n) is 8.58. The highest BCUT2D eigenvalue weighted by molar-refractivity contribution is 5.10. The molecule has 0 radical (unpaired) electrons. The van der Waals surface area contributed by atoms with E-state index in [1.807, 2.05) is 6.92 Å². The molecule has 0 unspecified atom stereocenters. The quantitative estimate of drug-likeness (QED) is 0.608. The average molecular weight is 178 g/mol. The molecule has 1 fully saturated rings. The summed E-state index contributed by atoms with van der Waals surface area (Å²) in [5.74, 6) is 0. The van der Waals surface area contributed by atoms with Gasteiger partial charge in [0.2, 0.25) is 0 Å². The molecule has 0 bridgehead atoms. The van der Waals surface area contributed by atoms with Crippen LogP contribution < -0.4 is 0 Å². The van der Waals surface area contributed by atoms with Crippen molar-refractivity contribution in [1.82, 2.24) is 4.90 Å². The van der Waals surface area contributed by atoms with Crippen LogP contribution in [0.3, 0.4) is 0 Å². The van der Waals surface area contributed by atoms with Crippen molar-refractivity contribution in [2.24, 2.45) is 0 Å². The smallest absolute Gasteiger partial charge is 0.0930 e. The Bertz CT molecular complexity index is 219. The number of hydrogen-bond acceptors (Lipinski definition) is 2. The summed E-state index contributed by atoms with van der Waals surface area (Å²) in [4.78, 5) is 2.25.